The molecule has 0 radical (unpaired) electrons. The molecule has 1 fully saturated rings. The van der Waals surface area contributed by atoms with Crippen LogP contribution in [0.25, 0.3) is 0 Å². The van der Waals surface area contributed by atoms with Crippen molar-refractivity contribution < 1.29 is 23.9 Å². The maximum absolute atomic E-state index is 11.3. The molecule has 3 nitrogen and oxygen atoms in total. The van der Waals surface area contributed by atoms with Crippen LogP contribution in [0.15, 0.2) is 24.2 Å². The highest BCUT2D eigenvalue weighted by Gasteiger charge is 2.38. The standard InChI is InChI=1S/C16H25NO2/c1-17(2)12-15(13-6-8-14(18)9-7-13)16(19)10-4-3-5-11-16/h6-9,15,18-19H,3-5,10-12H2,1-2H3/i1D3,2D3,8D,9D,12D2. The minimum atomic E-state index is -3.34. The van der Waals surface area contributed by atoms with Crippen LogP contribution in [-0.2, 0) is 0 Å². The molecule has 0 saturated heterocycles. The van der Waals surface area contributed by atoms with Gasteiger partial charge in [-0.3, -0.25) is 0 Å². The van der Waals surface area contributed by atoms with E-state index in [4.69, 9.17) is 13.7 Å². The highest BCUT2D eigenvalue weighted by molar-refractivity contribution is 5.30. The van der Waals surface area contributed by atoms with E-state index in [1.807, 2.05) is 0 Å². The fraction of sp³-hybridized carbons (Fsp3) is 0.625. The number of aromatic hydroxyl groups is 1. The molecule has 1 aliphatic carbocycles. The molecule has 0 bridgehead atoms. The van der Waals surface area contributed by atoms with Crippen molar-refractivity contribution in [1.82, 2.24) is 4.90 Å². The van der Waals surface area contributed by atoms with E-state index in [9.17, 15) is 10.2 Å². The Balaban J connectivity index is 2.75. The molecule has 1 aliphatic rings. The van der Waals surface area contributed by atoms with E-state index in [1.54, 1.807) is 0 Å². The zero-order valence-electron chi connectivity index (χ0n) is 20.6. The van der Waals surface area contributed by atoms with Crippen LogP contribution in [0.5, 0.6) is 5.75 Å². The van der Waals surface area contributed by atoms with Gasteiger partial charge in [0.25, 0.3) is 0 Å². The zero-order chi connectivity index (χ0) is 22.4. The highest BCUT2D eigenvalue weighted by atomic mass is 16.3. The monoisotopic (exact) mass is 273 g/mol. The molecule has 1 aromatic carbocycles. The van der Waals surface area contributed by atoms with Gasteiger partial charge in [0.15, 0.2) is 0 Å². The largest absolute Gasteiger partial charge is 0.508 e. The Morgan fingerprint density at radius 3 is 2.58 bits per heavy atom. The second-order valence-electron chi connectivity index (χ2n) is 4.99. The van der Waals surface area contributed by atoms with Crippen LogP contribution in [0.3, 0.4) is 0 Å². The molecule has 0 aliphatic heterocycles. The summed E-state index contributed by atoms with van der Waals surface area (Å²) in [6.45, 7) is -9.77. The third-order valence-corrected chi connectivity index (χ3v) is 3.60. The van der Waals surface area contributed by atoms with E-state index >= 15 is 0 Å². The summed E-state index contributed by atoms with van der Waals surface area (Å²) in [4.78, 5) is -0.204. The summed E-state index contributed by atoms with van der Waals surface area (Å²) >= 11 is 0. The van der Waals surface area contributed by atoms with Gasteiger partial charge in [0, 0.05) is 23.4 Å². The van der Waals surface area contributed by atoms with Crippen molar-refractivity contribution in [3.8, 4) is 5.75 Å². The van der Waals surface area contributed by atoms with E-state index in [0.29, 0.717) is 12.8 Å². The first-order valence-corrected chi connectivity index (χ1v) is 6.35. The molecule has 1 aromatic rings. The van der Waals surface area contributed by atoms with Crippen LogP contribution in [0.2, 0.25) is 0 Å². The van der Waals surface area contributed by atoms with Crippen LogP contribution >= 0.6 is 0 Å². The van der Waals surface area contributed by atoms with Gasteiger partial charge < -0.3 is 15.1 Å². The maximum atomic E-state index is 11.3. The number of benzene rings is 1. The number of phenolic OH excluding ortho intramolecular Hbond substituents is 1. The summed E-state index contributed by atoms with van der Waals surface area (Å²) < 4.78 is 78.5. The molecule has 0 amide bonds. The lowest BCUT2D eigenvalue weighted by Crippen LogP contribution is -2.42. The van der Waals surface area contributed by atoms with Crippen molar-refractivity contribution >= 4 is 0 Å². The van der Waals surface area contributed by atoms with Gasteiger partial charge in [0.2, 0.25) is 0 Å². The lowest BCUT2D eigenvalue weighted by atomic mass is 9.72. The predicted molar refractivity (Wildman–Crippen MR) is 77.4 cm³/mol. The molecule has 0 heterocycles. The fourth-order valence-electron chi connectivity index (χ4n) is 2.64. The molecule has 19 heavy (non-hydrogen) atoms. The van der Waals surface area contributed by atoms with Crippen LogP contribution < -0.4 is 0 Å². The topological polar surface area (TPSA) is 43.7 Å². The third kappa shape index (κ3) is 3.48. The molecule has 1 atom stereocenters. The predicted octanol–water partition coefficient (Wildman–Crippen LogP) is 2.73. The summed E-state index contributed by atoms with van der Waals surface area (Å²) in [6.07, 6.45) is 2.06. The van der Waals surface area contributed by atoms with Gasteiger partial charge in [-0.2, -0.15) is 0 Å². The summed E-state index contributed by atoms with van der Waals surface area (Å²) in [5.41, 5.74) is -1.89. The van der Waals surface area contributed by atoms with Gasteiger partial charge in [0.05, 0.1) is 8.34 Å². The van der Waals surface area contributed by atoms with Gasteiger partial charge in [-0.1, -0.05) is 31.4 Å². The second kappa shape index (κ2) is 5.93. The lowest BCUT2D eigenvalue weighted by Gasteiger charge is -2.40. The number of likely N-dealkylation sites (N-methyl/N-ethyl adjacent to an activating group) is 1. The van der Waals surface area contributed by atoms with Crippen molar-refractivity contribution in [2.24, 2.45) is 0 Å². The Morgan fingerprint density at radius 1 is 1.37 bits per heavy atom. The number of aliphatic hydroxyl groups is 1. The molecular formula is C16H25NO2. The van der Waals surface area contributed by atoms with Gasteiger partial charge in [0.1, 0.15) is 5.75 Å². The smallest absolute Gasteiger partial charge is 0.115 e. The van der Waals surface area contributed by atoms with E-state index in [-0.39, 0.29) is 23.3 Å². The molecule has 3 heteroatoms. The van der Waals surface area contributed by atoms with Crippen LogP contribution in [-0.4, -0.2) is 41.2 Å². The summed E-state index contributed by atoms with van der Waals surface area (Å²) in [5.74, 6) is -2.32. The Bertz CT molecular complexity index is 703. The maximum Gasteiger partial charge on any atom is 0.115 e. The van der Waals surface area contributed by atoms with E-state index in [1.165, 1.54) is 0 Å². The van der Waals surface area contributed by atoms with Gasteiger partial charge >= 0.3 is 0 Å². The van der Waals surface area contributed by atoms with Crippen LogP contribution in [0.1, 0.15) is 57.3 Å². The molecule has 1 saturated carbocycles. The Morgan fingerprint density at radius 2 is 2.00 bits per heavy atom. The van der Waals surface area contributed by atoms with Crippen molar-refractivity contribution in [2.45, 2.75) is 43.6 Å². The normalized spacial score (nSPS) is 30.2. The Kier molecular flexibility index (Phi) is 1.92. The second-order valence-corrected chi connectivity index (χ2v) is 4.99. The summed E-state index contributed by atoms with van der Waals surface area (Å²) in [6, 6.07) is 1.09. The minimum Gasteiger partial charge on any atom is -0.508 e. The van der Waals surface area contributed by atoms with Gasteiger partial charge in [-0.25, -0.2) is 0 Å². The molecule has 106 valence electrons. The quantitative estimate of drug-likeness (QED) is 0.886. The molecule has 0 aromatic heterocycles. The van der Waals surface area contributed by atoms with Crippen molar-refractivity contribution in [3.05, 3.63) is 29.8 Å². The average Bonchev–Trinajstić information content (AvgIpc) is 2.49. The minimum absolute atomic E-state index is 0.106. The Labute approximate surface area is 129 Å². The lowest BCUT2D eigenvalue weighted by molar-refractivity contribution is -0.0277. The summed E-state index contributed by atoms with van der Waals surface area (Å²) in [5, 5.41) is 21.1. The number of hydrogen-bond donors (Lipinski definition) is 2. The number of rotatable bonds is 4. The van der Waals surface area contributed by atoms with Crippen LogP contribution in [0, 0.1) is 0 Å². The SMILES string of the molecule is [2H]c1cc(C(C2(O)CCCCC2)C([2H])([2H])N(C([2H])([2H])[2H])C([2H])([2H])[2H])cc([2H])c1O. The van der Waals surface area contributed by atoms with Crippen LogP contribution in [0.4, 0.5) is 0 Å². The first-order valence-electron chi connectivity index (χ1n) is 11.3. The summed E-state index contributed by atoms with van der Waals surface area (Å²) in [7, 11) is 0. The fourth-order valence-corrected chi connectivity index (χ4v) is 2.64. The van der Waals surface area contributed by atoms with E-state index < -0.39 is 49.8 Å². The molecule has 2 rings (SSSR count). The number of phenols is 1. The molecular weight excluding hydrogens is 238 g/mol. The van der Waals surface area contributed by atoms with Gasteiger partial charge in [-0.05, 0) is 44.4 Å². The Hall–Kier alpha value is -1.06. The van der Waals surface area contributed by atoms with E-state index in [0.717, 1.165) is 18.6 Å². The zero-order valence-corrected chi connectivity index (χ0v) is 10.6. The van der Waals surface area contributed by atoms with Gasteiger partial charge in [-0.15, -0.1) is 0 Å². The average molecular weight is 273 g/mol. The molecule has 2 N–H and O–H groups in total. The molecule has 0 spiro atoms. The molecule has 1 unspecified atom stereocenters. The van der Waals surface area contributed by atoms with Crippen molar-refractivity contribution in [2.75, 3.05) is 20.4 Å². The number of hydrogen-bond acceptors (Lipinski definition) is 3. The van der Waals surface area contributed by atoms with E-state index in [2.05, 4.69) is 0 Å². The highest BCUT2D eigenvalue weighted by Crippen LogP contribution is 2.40. The van der Waals surface area contributed by atoms with Crippen molar-refractivity contribution in [1.29, 1.82) is 0 Å². The van der Waals surface area contributed by atoms with Crippen molar-refractivity contribution in [3.63, 3.8) is 0 Å². The first-order chi connectivity index (χ1) is 13.0. The third-order valence-electron chi connectivity index (χ3n) is 3.60. The number of nitrogens with zero attached hydrogens (tertiary/aromatic N) is 1. The first kappa shape index (κ1) is 6.15.